The number of β-amino-alcohol motifs (C(OH)–C–C–N with tert-alkyl or cyclic N) is 1. The number of rotatable bonds is 5. The monoisotopic (exact) mass is 490 g/mol. The summed E-state index contributed by atoms with van der Waals surface area (Å²) in [5.41, 5.74) is 1.78. The summed E-state index contributed by atoms with van der Waals surface area (Å²) in [6.45, 7) is 5.94. The average Bonchev–Trinajstić information content (AvgIpc) is 3.40. The van der Waals surface area contributed by atoms with Crippen molar-refractivity contribution < 1.29 is 19.3 Å². The predicted molar refractivity (Wildman–Crippen MR) is 128 cm³/mol. The van der Waals surface area contributed by atoms with Gasteiger partial charge in [0, 0.05) is 31.3 Å². The van der Waals surface area contributed by atoms with Crippen LogP contribution in [0.2, 0.25) is 5.02 Å². The molecule has 0 saturated carbocycles. The lowest BCUT2D eigenvalue weighted by Gasteiger charge is -2.28. The van der Waals surface area contributed by atoms with Crippen LogP contribution in [-0.2, 0) is 4.74 Å². The first-order valence-electron chi connectivity index (χ1n) is 11.5. The van der Waals surface area contributed by atoms with Crippen LogP contribution < -0.4 is 10.2 Å². The molecule has 0 radical (unpaired) electrons. The third kappa shape index (κ3) is 4.31. The molecular weight excluding hydrogens is 463 g/mol. The third-order valence-corrected chi connectivity index (χ3v) is 6.63. The van der Waals surface area contributed by atoms with Crippen molar-refractivity contribution in [2.75, 3.05) is 36.5 Å². The highest BCUT2D eigenvalue weighted by Crippen LogP contribution is 2.35. The molecule has 2 aliphatic rings. The molecule has 0 amide bonds. The van der Waals surface area contributed by atoms with Gasteiger partial charge in [0.25, 0.3) is 0 Å². The fourth-order valence-corrected chi connectivity index (χ4v) is 4.83. The van der Waals surface area contributed by atoms with Gasteiger partial charge in [-0.15, -0.1) is 0 Å². The van der Waals surface area contributed by atoms with Gasteiger partial charge in [-0.1, -0.05) is 11.6 Å². The number of fused-ring (bicyclic) bond motifs is 1. The SMILES string of the molecule is CC(C)n1c(N2CC[C@H](O)C2)nc2c(F)cc(-c3nc(N[C@@H]4CCOC[C@H]4O)ncc3Cl)cc21. The molecule has 2 aliphatic heterocycles. The second-order valence-corrected chi connectivity index (χ2v) is 9.57. The van der Waals surface area contributed by atoms with E-state index < -0.39 is 18.0 Å². The van der Waals surface area contributed by atoms with Gasteiger partial charge in [-0.3, -0.25) is 0 Å². The standard InChI is InChI=1S/C23H28ClFN6O3/c1-12(2)31-18-8-13(7-16(25)21(18)29-23(31)30-5-3-14(32)10-30)20-15(24)9-26-22(28-20)27-17-4-6-34-11-19(17)33/h7-9,12,14,17,19,32-33H,3-6,10-11H2,1-2H3,(H,26,27,28)/t14-,17+,19+/m0/s1. The number of ether oxygens (including phenoxy) is 1. The molecular formula is C23H28ClFN6O3. The zero-order chi connectivity index (χ0) is 24.0. The number of nitrogens with zero attached hydrogens (tertiary/aromatic N) is 5. The molecule has 9 nitrogen and oxygen atoms in total. The van der Waals surface area contributed by atoms with E-state index in [-0.39, 0.29) is 29.2 Å². The molecule has 3 aromatic rings. The molecule has 0 bridgehead atoms. The van der Waals surface area contributed by atoms with Crippen molar-refractivity contribution in [1.82, 2.24) is 19.5 Å². The van der Waals surface area contributed by atoms with Crippen molar-refractivity contribution >= 4 is 34.5 Å². The fourth-order valence-electron chi connectivity index (χ4n) is 4.63. The lowest BCUT2D eigenvalue weighted by atomic mass is 10.1. The summed E-state index contributed by atoms with van der Waals surface area (Å²) >= 11 is 6.43. The molecule has 34 heavy (non-hydrogen) atoms. The van der Waals surface area contributed by atoms with Crippen LogP contribution in [0.15, 0.2) is 18.3 Å². The maximum absolute atomic E-state index is 15.3. The minimum Gasteiger partial charge on any atom is -0.391 e. The normalized spacial score (nSPS) is 23.3. The Labute approximate surface area is 201 Å². The Morgan fingerprint density at radius 1 is 1.24 bits per heavy atom. The van der Waals surface area contributed by atoms with Crippen LogP contribution in [0.25, 0.3) is 22.3 Å². The van der Waals surface area contributed by atoms with E-state index in [0.29, 0.717) is 61.2 Å². The Hall–Kier alpha value is -2.53. The molecule has 5 rings (SSSR count). The van der Waals surface area contributed by atoms with Crippen molar-refractivity contribution in [3.8, 4) is 11.3 Å². The van der Waals surface area contributed by atoms with Gasteiger partial charge >= 0.3 is 0 Å². The van der Waals surface area contributed by atoms with Gasteiger partial charge in [0.15, 0.2) is 5.82 Å². The number of aliphatic hydroxyl groups excluding tert-OH is 2. The summed E-state index contributed by atoms with van der Waals surface area (Å²) in [6.07, 6.45) is 1.65. The Balaban J connectivity index is 1.56. The molecule has 11 heteroatoms. The topological polar surface area (TPSA) is 109 Å². The van der Waals surface area contributed by atoms with Gasteiger partial charge in [0.05, 0.1) is 47.3 Å². The lowest BCUT2D eigenvalue weighted by Crippen LogP contribution is -2.42. The first-order chi connectivity index (χ1) is 16.3. The van der Waals surface area contributed by atoms with Crippen LogP contribution in [0, 0.1) is 5.82 Å². The number of aliphatic hydroxyl groups is 2. The summed E-state index contributed by atoms with van der Waals surface area (Å²) in [6, 6.07) is 2.98. The van der Waals surface area contributed by atoms with Crippen molar-refractivity contribution in [3.05, 3.63) is 29.2 Å². The third-order valence-electron chi connectivity index (χ3n) is 6.35. The van der Waals surface area contributed by atoms with E-state index >= 15 is 4.39 Å². The van der Waals surface area contributed by atoms with E-state index in [1.807, 2.05) is 29.4 Å². The minimum absolute atomic E-state index is 0.0144. The van der Waals surface area contributed by atoms with Crippen LogP contribution in [0.5, 0.6) is 0 Å². The lowest BCUT2D eigenvalue weighted by molar-refractivity contribution is -0.0136. The van der Waals surface area contributed by atoms with Gasteiger partial charge in [-0.05, 0) is 38.8 Å². The van der Waals surface area contributed by atoms with Crippen LogP contribution in [0.3, 0.4) is 0 Å². The number of aromatic nitrogens is 4. The summed E-state index contributed by atoms with van der Waals surface area (Å²) in [5, 5.41) is 23.6. The Morgan fingerprint density at radius 3 is 2.76 bits per heavy atom. The Kier molecular flexibility index (Phi) is 6.32. The number of nitrogens with one attached hydrogen (secondary N) is 1. The zero-order valence-electron chi connectivity index (χ0n) is 19.1. The van der Waals surface area contributed by atoms with Gasteiger partial charge in [0.1, 0.15) is 5.52 Å². The van der Waals surface area contributed by atoms with E-state index in [9.17, 15) is 10.2 Å². The van der Waals surface area contributed by atoms with E-state index in [0.717, 1.165) is 0 Å². The molecule has 2 saturated heterocycles. The van der Waals surface area contributed by atoms with Crippen molar-refractivity contribution in [2.24, 2.45) is 0 Å². The Bertz CT molecular complexity index is 1210. The van der Waals surface area contributed by atoms with Crippen LogP contribution in [0.1, 0.15) is 32.7 Å². The number of anilines is 2. The number of benzene rings is 1. The second kappa shape index (κ2) is 9.26. The molecule has 182 valence electrons. The number of halogens is 2. The molecule has 3 N–H and O–H groups in total. The van der Waals surface area contributed by atoms with Gasteiger partial charge in [-0.25, -0.2) is 19.3 Å². The van der Waals surface area contributed by atoms with E-state index in [2.05, 4.69) is 20.3 Å². The van der Waals surface area contributed by atoms with Crippen LogP contribution in [0.4, 0.5) is 16.3 Å². The number of imidazole rings is 1. The van der Waals surface area contributed by atoms with Gasteiger partial charge < -0.3 is 29.7 Å². The molecule has 2 fully saturated rings. The van der Waals surface area contributed by atoms with E-state index in [1.54, 1.807) is 0 Å². The molecule has 0 aliphatic carbocycles. The van der Waals surface area contributed by atoms with Gasteiger partial charge in [0.2, 0.25) is 11.9 Å². The predicted octanol–water partition coefficient (Wildman–Crippen LogP) is 3.00. The molecule has 1 aromatic carbocycles. The van der Waals surface area contributed by atoms with Crippen molar-refractivity contribution in [2.45, 2.75) is 51.0 Å². The van der Waals surface area contributed by atoms with Crippen LogP contribution in [-0.4, -0.2) is 74.3 Å². The molecule has 0 spiro atoms. The zero-order valence-corrected chi connectivity index (χ0v) is 19.8. The first kappa shape index (κ1) is 23.2. The smallest absolute Gasteiger partial charge is 0.223 e. The maximum Gasteiger partial charge on any atom is 0.223 e. The molecule has 3 atom stereocenters. The van der Waals surface area contributed by atoms with Gasteiger partial charge in [-0.2, -0.15) is 0 Å². The quantitative estimate of drug-likeness (QED) is 0.501. The number of hydrogen-bond acceptors (Lipinski definition) is 8. The van der Waals surface area contributed by atoms with Crippen molar-refractivity contribution in [3.63, 3.8) is 0 Å². The average molecular weight is 491 g/mol. The summed E-state index contributed by atoms with van der Waals surface area (Å²) in [5.74, 6) is 0.467. The highest BCUT2D eigenvalue weighted by molar-refractivity contribution is 6.33. The fraction of sp³-hybridized carbons (Fsp3) is 0.522. The second-order valence-electron chi connectivity index (χ2n) is 9.16. The summed E-state index contributed by atoms with van der Waals surface area (Å²) in [4.78, 5) is 15.4. The Morgan fingerprint density at radius 2 is 2.06 bits per heavy atom. The highest BCUT2D eigenvalue weighted by Gasteiger charge is 2.28. The van der Waals surface area contributed by atoms with E-state index in [4.69, 9.17) is 16.3 Å². The molecule has 0 unspecified atom stereocenters. The molecule has 4 heterocycles. The first-order valence-corrected chi connectivity index (χ1v) is 11.9. The van der Waals surface area contributed by atoms with Crippen molar-refractivity contribution in [1.29, 1.82) is 0 Å². The maximum atomic E-state index is 15.3. The number of hydrogen-bond donors (Lipinski definition) is 3. The van der Waals surface area contributed by atoms with E-state index in [1.165, 1.54) is 12.3 Å². The van der Waals surface area contributed by atoms with Crippen LogP contribution >= 0.6 is 11.6 Å². The highest BCUT2D eigenvalue weighted by atomic mass is 35.5. The minimum atomic E-state index is -0.673. The summed E-state index contributed by atoms with van der Waals surface area (Å²) in [7, 11) is 0. The largest absolute Gasteiger partial charge is 0.391 e. The molecule has 2 aromatic heterocycles. The summed E-state index contributed by atoms with van der Waals surface area (Å²) < 4.78 is 22.6.